The highest BCUT2D eigenvalue weighted by molar-refractivity contribution is 6.31. The van der Waals surface area contributed by atoms with E-state index in [4.69, 9.17) is 23.2 Å². The number of piperazine rings is 1. The van der Waals surface area contributed by atoms with E-state index >= 15 is 0 Å². The van der Waals surface area contributed by atoms with Gasteiger partial charge in [-0.3, -0.25) is 4.90 Å². The Kier molecular flexibility index (Phi) is 3.75. The molecule has 2 rings (SSSR count). The molecule has 0 aromatic carbocycles. The minimum atomic E-state index is 0.393. The second-order valence-electron chi connectivity index (χ2n) is 3.51. The van der Waals surface area contributed by atoms with Crippen LogP contribution < -0.4 is 5.32 Å². The van der Waals surface area contributed by atoms with E-state index in [1.54, 1.807) is 6.07 Å². The molecular weight excluding hydrogens is 235 g/mol. The number of hydrogen-bond donors (Lipinski definition) is 1. The number of rotatable bonds is 2. The molecule has 0 radical (unpaired) electrons. The summed E-state index contributed by atoms with van der Waals surface area (Å²) in [6.07, 6.45) is 0. The van der Waals surface area contributed by atoms with Crippen LogP contribution in [0.1, 0.15) is 5.56 Å². The van der Waals surface area contributed by atoms with Crippen molar-refractivity contribution in [3.05, 3.63) is 21.9 Å². The van der Waals surface area contributed by atoms with E-state index in [9.17, 15) is 0 Å². The number of hydrogen-bond acceptors (Lipinski definition) is 4. The molecule has 1 aliphatic heterocycles. The monoisotopic (exact) mass is 246 g/mol. The molecule has 15 heavy (non-hydrogen) atoms. The summed E-state index contributed by atoms with van der Waals surface area (Å²) in [5.74, 6) is 0. The van der Waals surface area contributed by atoms with E-state index in [1.165, 1.54) is 0 Å². The number of nitrogens with zero attached hydrogens (tertiary/aromatic N) is 3. The van der Waals surface area contributed by atoms with Crippen LogP contribution >= 0.6 is 23.2 Å². The predicted octanol–water partition coefficient (Wildman–Crippen LogP) is 1.19. The highest BCUT2D eigenvalue weighted by Gasteiger charge is 2.12. The van der Waals surface area contributed by atoms with Crippen LogP contribution in [-0.2, 0) is 6.54 Å². The molecule has 1 aromatic heterocycles. The molecule has 0 amide bonds. The first kappa shape index (κ1) is 11.1. The van der Waals surface area contributed by atoms with Gasteiger partial charge in [0, 0.05) is 38.3 Å². The van der Waals surface area contributed by atoms with Crippen LogP contribution in [0.3, 0.4) is 0 Å². The lowest BCUT2D eigenvalue weighted by molar-refractivity contribution is 0.233. The van der Waals surface area contributed by atoms with Crippen molar-refractivity contribution in [3.63, 3.8) is 0 Å². The Morgan fingerprint density at radius 3 is 2.73 bits per heavy atom. The molecule has 1 aromatic rings. The van der Waals surface area contributed by atoms with Crippen molar-refractivity contribution in [2.24, 2.45) is 0 Å². The Bertz CT molecular complexity index is 339. The largest absolute Gasteiger partial charge is 0.314 e. The van der Waals surface area contributed by atoms with Gasteiger partial charge in [0.05, 0.1) is 0 Å². The van der Waals surface area contributed by atoms with Crippen LogP contribution in [0, 0.1) is 0 Å². The van der Waals surface area contributed by atoms with E-state index < -0.39 is 0 Å². The van der Waals surface area contributed by atoms with Gasteiger partial charge in [0.2, 0.25) is 0 Å². The van der Waals surface area contributed by atoms with Crippen LogP contribution in [-0.4, -0.2) is 41.3 Å². The lowest BCUT2D eigenvalue weighted by atomic mass is 10.2. The Hall–Kier alpha value is -0.420. The molecule has 0 saturated carbocycles. The fourth-order valence-corrected chi connectivity index (χ4v) is 1.93. The van der Waals surface area contributed by atoms with Gasteiger partial charge in [-0.1, -0.05) is 23.2 Å². The minimum absolute atomic E-state index is 0.393. The van der Waals surface area contributed by atoms with E-state index in [2.05, 4.69) is 20.4 Å². The zero-order valence-corrected chi connectivity index (χ0v) is 9.72. The van der Waals surface area contributed by atoms with Crippen LogP contribution in [0.15, 0.2) is 6.07 Å². The van der Waals surface area contributed by atoms with Gasteiger partial charge in [-0.25, -0.2) is 0 Å². The quantitative estimate of drug-likeness (QED) is 0.852. The highest BCUT2D eigenvalue weighted by atomic mass is 35.5. The molecule has 0 atom stereocenters. The first-order valence-corrected chi connectivity index (χ1v) is 5.62. The smallest absolute Gasteiger partial charge is 0.156 e. The summed E-state index contributed by atoms with van der Waals surface area (Å²) >= 11 is 11.7. The number of halogens is 2. The topological polar surface area (TPSA) is 41.0 Å². The van der Waals surface area contributed by atoms with Gasteiger partial charge in [-0.2, -0.15) is 0 Å². The number of aromatic nitrogens is 2. The van der Waals surface area contributed by atoms with Crippen molar-refractivity contribution in [1.29, 1.82) is 0 Å². The second kappa shape index (κ2) is 5.07. The summed E-state index contributed by atoms with van der Waals surface area (Å²) < 4.78 is 0. The van der Waals surface area contributed by atoms with Crippen molar-refractivity contribution in [2.75, 3.05) is 26.2 Å². The number of nitrogens with one attached hydrogen (secondary N) is 1. The molecule has 4 nitrogen and oxygen atoms in total. The van der Waals surface area contributed by atoms with E-state index in [1.807, 2.05) is 0 Å². The Labute approximate surface area is 98.6 Å². The lowest BCUT2D eigenvalue weighted by Gasteiger charge is -2.27. The average Bonchev–Trinajstić information content (AvgIpc) is 2.25. The van der Waals surface area contributed by atoms with Crippen LogP contribution in [0.4, 0.5) is 0 Å². The van der Waals surface area contributed by atoms with Crippen LogP contribution in [0.5, 0.6) is 0 Å². The molecular formula is C9H12Cl2N4. The predicted molar refractivity (Wildman–Crippen MR) is 60.2 cm³/mol. The molecule has 0 spiro atoms. The zero-order chi connectivity index (χ0) is 10.7. The van der Waals surface area contributed by atoms with Crippen molar-refractivity contribution in [1.82, 2.24) is 20.4 Å². The molecule has 0 aliphatic carbocycles. The first-order chi connectivity index (χ1) is 7.25. The third-order valence-corrected chi connectivity index (χ3v) is 2.90. The van der Waals surface area contributed by atoms with Crippen molar-refractivity contribution in [2.45, 2.75) is 6.54 Å². The van der Waals surface area contributed by atoms with E-state index in [-0.39, 0.29) is 0 Å². The van der Waals surface area contributed by atoms with Gasteiger partial charge in [0.1, 0.15) is 0 Å². The normalized spacial score (nSPS) is 18.0. The summed E-state index contributed by atoms with van der Waals surface area (Å²) in [5.41, 5.74) is 0.943. The third-order valence-electron chi connectivity index (χ3n) is 2.40. The van der Waals surface area contributed by atoms with Crippen LogP contribution in [0.2, 0.25) is 10.3 Å². The maximum Gasteiger partial charge on any atom is 0.156 e. The second-order valence-corrected chi connectivity index (χ2v) is 4.25. The molecule has 0 bridgehead atoms. The van der Waals surface area contributed by atoms with Crippen LogP contribution in [0.25, 0.3) is 0 Å². The first-order valence-electron chi connectivity index (χ1n) is 4.86. The lowest BCUT2D eigenvalue weighted by Crippen LogP contribution is -2.42. The van der Waals surface area contributed by atoms with Gasteiger partial charge in [0.15, 0.2) is 10.3 Å². The van der Waals surface area contributed by atoms with Gasteiger partial charge in [-0.05, 0) is 6.07 Å². The molecule has 1 N–H and O–H groups in total. The minimum Gasteiger partial charge on any atom is -0.314 e. The Morgan fingerprint density at radius 2 is 2.00 bits per heavy atom. The van der Waals surface area contributed by atoms with Crippen molar-refractivity contribution >= 4 is 23.2 Å². The van der Waals surface area contributed by atoms with Crippen molar-refractivity contribution < 1.29 is 0 Å². The molecule has 82 valence electrons. The summed E-state index contributed by atoms with van der Waals surface area (Å²) in [7, 11) is 0. The highest BCUT2D eigenvalue weighted by Crippen LogP contribution is 2.17. The molecule has 2 heterocycles. The molecule has 1 saturated heterocycles. The van der Waals surface area contributed by atoms with Crippen molar-refractivity contribution in [3.8, 4) is 0 Å². The standard InChI is InChI=1S/C9H12Cl2N4/c10-8-5-7(9(11)14-13-8)6-15-3-1-12-2-4-15/h5,12H,1-4,6H2. The van der Waals surface area contributed by atoms with Gasteiger partial charge < -0.3 is 5.32 Å². The summed E-state index contributed by atoms with van der Waals surface area (Å²) in [6, 6.07) is 1.78. The van der Waals surface area contributed by atoms with Gasteiger partial charge in [0.25, 0.3) is 0 Å². The maximum atomic E-state index is 5.94. The maximum absolute atomic E-state index is 5.94. The fourth-order valence-electron chi connectivity index (χ4n) is 1.61. The average molecular weight is 247 g/mol. The Balaban J connectivity index is 2.05. The SMILES string of the molecule is Clc1cc(CN2CCNCC2)c(Cl)nn1. The summed E-state index contributed by atoms with van der Waals surface area (Å²) in [4.78, 5) is 2.32. The summed E-state index contributed by atoms with van der Waals surface area (Å²) in [6.45, 7) is 4.87. The molecule has 1 aliphatic rings. The third kappa shape index (κ3) is 3.01. The van der Waals surface area contributed by atoms with Gasteiger partial charge in [-0.15, -0.1) is 10.2 Å². The van der Waals surface area contributed by atoms with Gasteiger partial charge >= 0.3 is 0 Å². The molecule has 6 heteroatoms. The molecule has 1 fully saturated rings. The van der Waals surface area contributed by atoms with E-state index in [0.29, 0.717) is 10.3 Å². The van der Waals surface area contributed by atoms with E-state index in [0.717, 1.165) is 38.3 Å². The summed E-state index contributed by atoms with van der Waals surface area (Å²) in [5, 5.41) is 11.6. The fraction of sp³-hybridized carbons (Fsp3) is 0.556. The zero-order valence-electron chi connectivity index (χ0n) is 8.21. The molecule has 0 unspecified atom stereocenters. The Morgan fingerprint density at radius 1 is 1.27 bits per heavy atom.